The molecule has 0 saturated carbocycles. The number of hydrogen-bond donors (Lipinski definition) is 1. The van der Waals surface area contributed by atoms with Crippen molar-refractivity contribution in [1.82, 2.24) is 15.1 Å². The van der Waals surface area contributed by atoms with Crippen molar-refractivity contribution in [3.05, 3.63) is 81.9 Å². The maximum absolute atomic E-state index is 13.2. The lowest BCUT2D eigenvalue weighted by Gasteiger charge is -2.19. The molecule has 1 heterocycles. The van der Waals surface area contributed by atoms with Crippen molar-refractivity contribution < 1.29 is 23.5 Å². The number of methoxy groups -OCH3 is 1. The molecule has 0 aliphatic rings. The number of hydrogen-bond acceptors (Lipinski definition) is 5. The Kier molecular flexibility index (Phi) is 8.06. The standard InChI is InChI=1S/C24H25ClFN3O4/c1-4-33-21(30)13-20(17-6-5-7-19(12-17)32-3)27-24(31)22-15(2)28-29(23(22)25)14-16-8-10-18(26)11-9-16/h5-12,20H,4,13-14H2,1-3H3,(H,27,31). The van der Waals surface area contributed by atoms with Gasteiger partial charge in [-0.05, 0) is 49.2 Å². The van der Waals surface area contributed by atoms with Crippen LogP contribution in [-0.4, -0.2) is 35.4 Å². The van der Waals surface area contributed by atoms with E-state index in [0.29, 0.717) is 17.0 Å². The molecule has 1 atom stereocenters. The Morgan fingerprint density at radius 1 is 1.21 bits per heavy atom. The number of amides is 1. The van der Waals surface area contributed by atoms with E-state index in [9.17, 15) is 14.0 Å². The summed E-state index contributed by atoms with van der Waals surface area (Å²) in [6.45, 7) is 3.90. The van der Waals surface area contributed by atoms with E-state index in [4.69, 9.17) is 21.1 Å². The normalized spacial score (nSPS) is 11.7. The van der Waals surface area contributed by atoms with Crippen LogP contribution in [-0.2, 0) is 16.1 Å². The first-order valence-electron chi connectivity index (χ1n) is 10.4. The maximum Gasteiger partial charge on any atom is 0.308 e. The van der Waals surface area contributed by atoms with E-state index in [1.807, 2.05) is 0 Å². The molecule has 7 nitrogen and oxygen atoms in total. The van der Waals surface area contributed by atoms with Gasteiger partial charge in [0.05, 0.1) is 44.0 Å². The van der Waals surface area contributed by atoms with E-state index in [1.165, 1.54) is 23.9 Å². The summed E-state index contributed by atoms with van der Waals surface area (Å²) in [4.78, 5) is 25.4. The number of ether oxygens (including phenoxy) is 2. The summed E-state index contributed by atoms with van der Waals surface area (Å²) in [6, 6.07) is 12.4. The molecule has 0 aliphatic carbocycles. The second-order valence-electron chi connectivity index (χ2n) is 7.35. The van der Waals surface area contributed by atoms with Gasteiger partial charge in [0, 0.05) is 0 Å². The van der Waals surface area contributed by atoms with Gasteiger partial charge in [-0.3, -0.25) is 9.59 Å². The fourth-order valence-corrected chi connectivity index (χ4v) is 3.73. The molecule has 1 unspecified atom stereocenters. The molecule has 2 aromatic carbocycles. The van der Waals surface area contributed by atoms with Crippen LogP contribution in [0.25, 0.3) is 0 Å². The van der Waals surface area contributed by atoms with Crippen LogP contribution in [0.2, 0.25) is 5.15 Å². The molecule has 3 aromatic rings. The van der Waals surface area contributed by atoms with E-state index in [1.54, 1.807) is 50.2 Å². The van der Waals surface area contributed by atoms with Crippen molar-refractivity contribution in [3.8, 4) is 5.75 Å². The van der Waals surface area contributed by atoms with E-state index in [0.717, 1.165) is 5.56 Å². The predicted molar refractivity (Wildman–Crippen MR) is 122 cm³/mol. The van der Waals surface area contributed by atoms with Gasteiger partial charge in [0.25, 0.3) is 5.91 Å². The largest absolute Gasteiger partial charge is 0.497 e. The predicted octanol–water partition coefficient (Wildman–Crippen LogP) is 4.47. The van der Waals surface area contributed by atoms with Gasteiger partial charge in [-0.1, -0.05) is 35.9 Å². The second kappa shape index (κ2) is 11.0. The minimum absolute atomic E-state index is 0.0624. The quantitative estimate of drug-likeness (QED) is 0.464. The first-order valence-corrected chi connectivity index (χ1v) is 10.8. The van der Waals surface area contributed by atoms with Crippen LogP contribution in [0.5, 0.6) is 5.75 Å². The van der Waals surface area contributed by atoms with Crippen LogP contribution in [0.3, 0.4) is 0 Å². The van der Waals surface area contributed by atoms with Gasteiger partial charge < -0.3 is 14.8 Å². The van der Waals surface area contributed by atoms with E-state index >= 15 is 0 Å². The monoisotopic (exact) mass is 473 g/mol. The highest BCUT2D eigenvalue weighted by molar-refractivity contribution is 6.33. The fourth-order valence-electron chi connectivity index (χ4n) is 3.41. The summed E-state index contributed by atoms with van der Waals surface area (Å²) in [6.07, 6.45) is -0.0624. The molecule has 0 aliphatic heterocycles. The number of carbonyl (C=O) groups is 2. The van der Waals surface area contributed by atoms with E-state index < -0.39 is 17.9 Å². The molecule has 33 heavy (non-hydrogen) atoms. The van der Waals surface area contributed by atoms with Crippen molar-refractivity contribution in [3.63, 3.8) is 0 Å². The molecule has 0 fully saturated rings. The van der Waals surface area contributed by atoms with Crippen molar-refractivity contribution in [2.45, 2.75) is 32.9 Å². The first kappa shape index (κ1) is 24.3. The maximum atomic E-state index is 13.2. The minimum atomic E-state index is -0.664. The average molecular weight is 474 g/mol. The van der Waals surface area contributed by atoms with E-state index in [2.05, 4.69) is 10.4 Å². The van der Waals surface area contributed by atoms with Gasteiger partial charge in [-0.25, -0.2) is 9.07 Å². The number of nitrogens with one attached hydrogen (secondary N) is 1. The summed E-state index contributed by atoms with van der Waals surface area (Å²) in [5, 5.41) is 7.39. The van der Waals surface area contributed by atoms with Gasteiger partial charge in [0.15, 0.2) is 0 Å². The molecule has 9 heteroatoms. The second-order valence-corrected chi connectivity index (χ2v) is 7.71. The number of rotatable bonds is 9. The van der Waals surface area contributed by atoms with Crippen molar-refractivity contribution >= 4 is 23.5 Å². The van der Waals surface area contributed by atoms with Gasteiger partial charge in [-0.2, -0.15) is 5.10 Å². The van der Waals surface area contributed by atoms with E-state index in [-0.39, 0.29) is 36.1 Å². The van der Waals surface area contributed by atoms with Gasteiger partial charge in [0.1, 0.15) is 16.7 Å². The summed E-state index contributed by atoms with van der Waals surface area (Å²) in [7, 11) is 1.54. The zero-order valence-corrected chi connectivity index (χ0v) is 19.4. The Morgan fingerprint density at radius 3 is 2.61 bits per heavy atom. The van der Waals surface area contributed by atoms with Gasteiger partial charge in [0.2, 0.25) is 0 Å². The molecular weight excluding hydrogens is 449 g/mol. The lowest BCUT2D eigenvalue weighted by Crippen LogP contribution is -2.31. The molecule has 174 valence electrons. The number of aromatic nitrogens is 2. The topological polar surface area (TPSA) is 82.5 Å². The van der Waals surface area contributed by atoms with Crippen molar-refractivity contribution in [2.24, 2.45) is 0 Å². The number of aryl methyl sites for hydroxylation is 1. The van der Waals surface area contributed by atoms with Crippen LogP contribution >= 0.6 is 11.6 Å². The number of halogens is 2. The lowest BCUT2D eigenvalue weighted by molar-refractivity contribution is -0.143. The molecule has 1 aromatic heterocycles. The molecule has 1 N–H and O–H groups in total. The molecular formula is C24H25ClFN3O4. The van der Waals surface area contributed by atoms with Crippen LogP contribution in [0, 0.1) is 12.7 Å². The average Bonchev–Trinajstić information content (AvgIpc) is 3.07. The summed E-state index contributed by atoms with van der Waals surface area (Å²) >= 11 is 6.49. The zero-order chi connectivity index (χ0) is 24.0. The SMILES string of the molecule is CCOC(=O)CC(NC(=O)c1c(C)nn(Cc2ccc(F)cc2)c1Cl)c1cccc(OC)c1. The number of carbonyl (C=O) groups excluding carboxylic acids is 2. The fraction of sp³-hybridized carbons (Fsp3) is 0.292. The van der Waals surface area contributed by atoms with Crippen LogP contribution in [0.15, 0.2) is 48.5 Å². The summed E-state index contributed by atoms with van der Waals surface area (Å²) < 4.78 is 25.0. The third-order valence-electron chi connectivity index (χ3n) is 5.02. The minimum Gasteiger partial charge on any atom is -0.497 e. The first-order chi connectivity index (χ1) is 15.8. The number of benzene rings is 2. The van der Waals surface area contributed by atoms with Gasteiger partial charge >= 0.3 is 5.97 Å². The highest BCUT2D eigenvalue weighted by Crippen LogP contribution is 2.26. The zero-order valence-electron chi connectivity index (χ0n) is 18.6. The summed E-state index contributed by atoms with van der Waals surface area (Å²) in [5.74, 6) is -0.663. The Labute approximate surface area is 196 Å². The number of nitrogens with zero attached hydrogens (tertiary/aromatic N) is 2. The van der Waals surface area contributed by atoms with Crippen molar-refractivity contribution in [1.29, 1.82) is 0 Å². The highest BCUT2D eigenvalue weighted by Gasteiger charge is 2.25. The highest BCUT2D eigenvalue weighted by atomic mass is 35.5. The third kappa shape index (κ3) is 6.10. The Bertz CT molecular complexity index is 1130. The molecule has 1 amide bonds. The molecule has 3 rings (SSSR count). The van der Waals surface area contributed by atoms with Crippen LogP contribution in [0.4, 0.5) is 4.39 Å². The Morgan fingerprint density at radius 2 is 1.94 bits per heavy atom. The number of esters is 1. The molecule has 0 saturated heterocycles. The Hall–Kier alpha value is -3.39. The summed E-state index contributed by atoms with van der Waals surface area (Å²) in [5.41, 5.74) is 2.10. The third-order valence-corrected chi connectivity index (χ3v) is 5.40. The molecule has 0 spiro atoms. The van der Waals surface area contributed by atoms with Crippen LogP contribution < -0.4 is 10.1 Å². The van der Waals surface area contributed by atoms with Gasteiger partial charge in [-0.15, -0.1) is 0 Å². The smallest absolute Gasteiger partial charge is 0.308 e. The molecule has 0 bridgehead atoms. The Balaban J connectivity index is 1.85. The lowest BCUT2D eigenvalue weighted by atomic mass is 10.0. The van der Waals surface area contributed by atoms with Crippen molar-refractivity contribution in [2.75, 3.05) is 13.7 Å². The molecule has 0 radical (unpaired) electrons. The van der Waals surface area contributed by atoms with Crippen LogP contribution in [0.1, 0.15) is 46.6 Å².